The fraction of sp³-hybridized carbons (Fsp3) is 0.471. The van der Waals surface area contributed by atoms with Crippen LogP contribution in [0.25, 0.3) is 11.0 Å². The highest BCUT2D eigenvalue weighted by Crippen LogP contribution is 2.35. The number of halogens is 1. The lowest BCUT2D eigenvalue weighted by Gasteiger charge is -2.27. The molecule has 124 valence electrons. The maximum atomic E-state index is 11.9. The number of benzene rings is 1. The molecule has 5 nitrogen and oxygen atoms in total. The van der Waals surface area contributed by atoms with Crippen LogP contribution >= 0.6 is 11.6 Å². The Kier molecular flexibility index (Phi) is 4.62. The first-order valence-corrected chi connectivity index (χ1v) is 8.49. The monoisotopic (exact) mass is 338 g/mol. The van der Waals surface area contributed by atoms with Gasteiger partial charge < -0.3 is 19.3 Å². The lowest BCUT2D eigenvalue weighted by atomic mass is 10.0. The van der Waals surface area contributed by atoms with E-state index in [1.807, 2.05) is 6.92 Å². The molecule has 3 N–H and O–H groups in total. The molecule has 6 heteroatoms. The van der Waals surface area contributed by atoms with Gasteiger partial charge in [-0.2, -0.15) is 0 Å². The lowest BCUT2D eigenvalue weighted by Crippen LogP contribution is -3.26. The lowest BCUT2D eigenvalue weighted by molar-refractivity contribution is -1.01. The summed E-state index contributed by atoms with van der Waals surface area (Å²) in [7, 11) is 2.19. The van der Waals surface area contributed by atoms with E-state index in [0.717, 1.165) is 37.1 Å². The van der Waals surface area contributed by atoms with Crippen LogP contribution in [0, 0.1) is 0 Å². The molecule has 2 aromatic rings. The number of nitrogens with one attached hydrogen (secondary N) is 2. The van der Waals surface area contributed by atoms with Crippen LogP contribution in [-0.2, 0) is 13.0 Å². The van der Waals surface area contributed by atoms with E-state index in [-0.39, 0.29) is 11.4 Å². The summed E-state index contributed by atoms with van der Waals surface area (Å²) in [6, 6.07) is 3.20. The van der Waals surface area contributed by atoms with Gasteiger partial charge in [-0.05, 0) is 18.1 Å². The Bertz CT molecular complexity index is 779. The quantitative estimate of drug-likeness (QED) is 0.669. The molecule has 1 aliphatic heterocycles. The summed E-state index contributed by atoms with van der Waals surface area (Å²) < 4.78 is 5.44. The molecule has 1 aromatic carbocycles. The molecule has 1 saturated heterocycles. The Morgan fingerprint density at radius 1 is 1.26 bits per heavy atom. The summed E-state index contributed by atoms with van der Waals surface area (Å²) in [4.78, 5) is 14.8. The van der Waals surface area contributed by atoms with Crippen molar-refractivity contribution in [2.24, 2.45) is 0 Å². The number of likely N-dealkylation sites (N-methyl/N-ethyl adjacent to an activating group) is 1. The van der Waals surface area contributed by atoms with Crippen LogP contribution in [-0.4, -0.2) is 38.3 Å². The fourth-order valence-electron chi connectivity index (χ4n) is 3.29. The molecule has 3 rings (SSSR count). The SMILES string of the molecule is CCc1cc(=O)oc2c(C[NH+]3CC[NH+](C)CC3)c(O)c(Cl)cc12. The molecule has 1 fully saturated rings. The highest BCUT2D eigenvalue weighted by atomic mass is 35.5. The summed E-state index contributed by atoms with van der Waals surface area (Å²) in [6.07, 6.45) is 0.716. The highest BCUT2D eigenvalue weighted by Gasteiger charge is 2.25. The van der Waals surface area contributed by atoms with Crippen LogP contribution in [0.3, 0.4) is 0 Å². The number of aryl methyl sites for hydroxylation is 1. The van der Waals surface area contributed by atoms with Crippen LogP contribution in [0.1, 0.15) is 18.1 Å². The van der Waals surface area contributed by atoms with E-state index in [1.54, 1.807) is 6.07 Å². The Balaban J connectivity index is 2.09. The van der Waals surface area contributed by atoms with E-state index in [9.17, 15) is 9.90 Å². The van der Waals surface area contributed by atoms with Gasteiger partial charge in [0.1, 0.15) is 38.5 Å². The van der Waals surface area contributed by atoms with Crippen molar-refractivity contribution in [2.75, 3.05) is 33.2 Å². The van der Waals surface area contributed by atoms with Crippen LogP contribution in [0.5, 0.6) is 5.75 Å². The zero-order valence-corrected chi connectivity index (χ0v) is 14.3. The Labute approximate surface area is 140 Å². The molecule has 0 bridgehead atoms. The molecule has 23 heavy (non-hydrogen) atoms. The van der Waals surface area contributed by atoms with Crippen molar-refractivity contribution in [1.29, 1.82) is 0 Å². The number of fused-ring (bicyclic) bond motifs is 1. The maximum absolute atomic E-state index is 11.9. The number of hydrogen-bond donors (Lipinski definition) is 3. The summed E-state index contributed by atoms with van der Waals surface area (Å²) in [5, 5.41) is 11.6. The molecule has 0 spiro atoms. The van der Waals surface area contributed by atoms with Crippen molar-refractivity contribution in [3.63, 3.8) is 0 Å². The number of piperazine rings is 1. The second-order valence-corrected chi connectivity index (χ2v) is 6.80. The molecular formula is C17H23ClN2O3+2. The van der Waals surface area contributed by atoms with Gasteiger partial charge >= 0.3 is 5.63 Å². The molecule has 0 saturated carbocycles. The summed E-state index contributed by atoms with van der Waals surface area (Å²) in [6.45, 7) is 6.85. The minimum atomic E-state index is -0.379. The second-order valence-electron chi connectivity index (χ2n) is 6.39. The number of phenolic OH excluding ortho intramolecular Hbond substituents is 1. The van der Waals surface area contributed by atoms with Gasteiger partial charge in [0.25, 0.3) is 0 Å². The number of aromatic hydroxyl groups is 1. The third kappa shape index (κ3) is 3.22. The van der Waals surface area contributed by atoms with Crippen molar-refractivity contribution >= 4 is 22.6 Å². The number of hydrogen-bond acceptors (Lipinski definition) is 3. The van der Waals surface area contributed by atoms with Crippen LogP contribution in [0.2, 0.25) is 5.02 Å². The minimum Gasteiger partial charge on any atom is -0.506 e. The first-order valence-electron chi connectivity index (χ1n) is 8.11. The van der Waals surface area contributed by atoms with Gasteiger partial charge in [0.05, 0.1) is 17.6 Å². The van der Waals surface area contributed by atoms with Gasteiger partial charge in [-0.1, -0.05) is 18.5 Å². The van der Waals surface area contributed by atoms with Gasteiger partial charge in [0.15, 0.2) is 5.58 Å². The zero-order valence-electron chi connectivity index (χ0n) is 13.5. The molecular weight excluding hydrogens is 316 g/mol. The largest absolute Gasteiger partial charge is 0.506 e. The van der Waals surface area contributed by atoms with Crippen molar-refractivity contribution in [3.05, 3.63) is 38.7 Å². The van der Waals surface area contributed by atoms with Crippen LogP contribution in [0.4, 0.5) is 0 Å². The second kappa shape index (κ2) is 6.51. The molecule has 1 aliphatic rings. The third-order valence-electron chi connectivity index (χ3n) is 4.76. The van der Waals surface area contributed by atoms with Gasteiger partial charge in [0.2, 0.25) is 0 Å². The van der Waals surface area contributed by atoms with Crippen LogP contribution < -0.4 is 15.4 Å². The Morgan fingerprint density at radius 2 is 1.96 bits per heavy atom. The predicted octanol–water partition coefficient (Wildman–Crippen LogP) is -0.372. The fourth-order valence-corrected chi connectivity index (χ4v) is 3.52. The van der Waals surface area contributed by atoms with Gasteiger partial charge in [-0.25, -0.2) is 4.79 Å². The first-order chi connectivity index (χ1) is 11.0. The van der Waals surface area contributed by atoms with E-state index >= 15 is 0 Å². The van der Waals surface area contributed by atoms with Crippen molar-refractivity contribution in [3.8, 4) is 5.75 Å². The summed E-state index contributed by atoms with van der Waals surface area (Å²) >= 11 is 6.22. The number of rotatable bonds is 3. The molecule has 0 radical (unpaired) electrons. The highest BCUT2D eigenvalue weighted by molar-refractivity contribution is 6.33. The molecule has 1 aromatic heterocycles. The number of phenols is 1. The van der Waals surface area contributed by atoms with Crippen LogP contribution in [0.15, 0.2) is 21.3 Å². The Hall–Kier alpha value is -1.56. The number of quaternary nitrogens is 2. The van der Waals surface area contributed by atoms with E-state index < -0.39 is 0 Å². The van der Waals surface area contributed by atoms with E-state index in [4.69, 9.17) is 16.0 Å². The van der Waals surface area contributed by atoms with Crippen molar-refractivity contribution in [1.82, 2.24) is 0 Å². The van der Waals surface area contributed by atoms with Gasteiger partial charge in [0, 0.05) is 11.5 Å². The average Bonchev–Trinajstić information content (AvgIpc) is 2.53. The van der Waals surface area contributed by atoms with Gasteiger partial charge in [-0.15, -0.1) is 0 Å². The normalized spacial score (nSPS) is 21.7. The summed E-state index contributed by atoms with van der Waals surface area (Å²) in [5.74, 6) is 0.0364. The molecule has 0 unspecified atom stereocenters. The average molecular weight is 339 g/mol. The van der Waals surface area contributed by atoms with E-state index in [2.05, 4.69) is 7.05 Å². The van der Waals surface area contributed by atoms with E-state index in [0.29, 0.717) is 29.1 Å². The predicted molar refractivity (Wildman–Crippen MR) is 89.6 cm³/mol. The smallest absolute Gasteiger partial charge is 0.336 e. The molecule has 2 heterocycles. The standard InChI is InChI=1S/C17H21ClN2O3/c1-3-11-8-15(21)23-17-12(11)9-14(18)16(22)13(17)10-20-6-4-19(2)5-7-20/h8-9,22H,3-7,10H2,1-2H3/p+2. The maximum Gasteiger partial charge on any atom is 0.336 e. The third-order valence-corrected chi connectivity index (χ3v) is 5.05. The topological polar surface area (TPSA) is 59.3 Å². The van der Waals surface area contributed by atoms with Gasteiger partial charge in [-0.3, -0.25) is 0 Å². The molecule has 0 aliphatic carbocycles. The molecule has 0 atom stereocenters. The summed E-state index contributed by atoms with van der Waals surface area (Å²) in [5.41, 5.74) is 1.65. The van der Waals surface area contributed by atoms with E-state index in [1.165, 1.54) is 15.9 Å². The first kappa shape index (κ1) is 16.3. The molecule has 0 amide bonds. The Morgan fingerprint density at radius 3 is 2.61 bits per heavy atom. The van der Waals surface area contributed by atoms with Crippen molar-refractivity contribution in [2.45, 2.75) is 19.9 Å². The van der Waals surface area contributed by atoms with Crippen molar-refractivity contribution < 1.29 is 19.3 Å². The minimum absolute atomic E-state index is 0.0364. The zero-order chi connectivity index (χ0) is 16.6.